The fraction of sp³-hybridized carbons (Fsp3) is 0.389. The van der Waals surface area contributed by atoms with Gasteiger partial charge in [0, 0.05) is 18.7 Å². The van der Waals surface area contributed by atoms with Crippen LogP contribution < -0.4 is 5.32 Å². The highest BCUT2D eigenvalue weighted by Crippen LogP contribution is 2.52. The van der Waals surface area contributed by atoms with Crippen molar-refractivity contribution in [1.29, 1.82) is 0 Å². The first kappa shape index (κ1) is 16.6. The number of nitrogens with one attached hydrogen (secondary N) is 1. The van der Waals surface area contributed by atoms with Crippen LogP contribution in [0.1, 0.15) is 12.8 Å². The highest BCUT2D eigenvalue weighted by molar-refractivity contribution is 6.42. The normalized spacial score (nSPS) is 29.4. The molecule has 4 rings (SSSR count). The molecule has 3 aliphatic rings. The second-order valence-corrected chi connectivity index (χ2v) is 7.57. The monoisotopic (exact) mass is 378 g/mol. The van der Waals surface area contributed by atoms with Crippen LogP contribution in [0.25, 0.3) is 0 Å². The van der Waals surface area contributed by atoms with Crippen molar-refractivity contribution in [2.45, 2.75) is 12.8 Å². The zero-order chi connectivity index (χ0) is 17.7. The summed E-state index contributed by atoms with van der Waals surface area (Å²) in [7, 11) is 0. The number of hydrogen-bond acceptors (Lipinski definition) is 3. The number of imide groups is 1. The van der Waals surface area contributed by atoms with E-state index >= 15 is 0 Å². The number of allylic oxidation sites excluding steroid dienone is 2. The van der Waals surface area contributed by atoms with Crippen LogP contribution in [0.5, 0.6) is 0 Å². The molecule has 3 amide bonds. The lowest BCUT2D eigenvalue weighted by molar-refractivity contribution is -0.140. The van der Waals surface area contributed by atoms with Gasteiger partial charge in [0.05, 0.1) is 21.9 Å². The molecular formula is C18H16Cl2N2O3. The van der Waals surface area contributed by atoms with Crippen molar-refractivity contribution in [1.82, 2.24) is 4.90 Å². The van der Waals surface area contributed by atoms with Crippen molar-refractivity contribution >= 4 is 46.6 Å². The maximum absolute atomic E-state index is 12.5. The molecular weight excluding hydrogens is 363 g/mol. The fourth-order valence-electron chi connectivity index (χ4n) is 4.20. The van der Waals surface area contributed by atoms with Gasteiger partial charge in [0.25, 0.3) is 0 Å². The van der Waals surface area contributed by atoms with Gasteiger partial charge in [-0.2, -0.15) is 0 Å². The van der Waals surface area contributed by atoms with E-state index in [1.807, 2.05) is 0 Å². The number of rotatable bonds is 4. The number of benzene rings is 1. The van der Waals surface area contributed by atoms with Gasteiger partial charge >= 0.3 is 0 Å². The lowest BCUT2D eigenvalue weighted by Gasteiger charge is -2.17. The van der Waals surface area contributed by atoms with E-state index in [9.17, 15) is 14.4 Å². The zero-order valence-corrected chi connectivity index (χ0v) is 14.8. The summed E-state index contributed by atoms with van der Waals surface area (Å²) < 4.78 is 0. The molecule has 2 fully saturated rings. The van der Waals surface area contributed by atoms with Gasteiger partial charge in [-0.3, -0.25) is 19.3 Å². The second kappa shape index (κ2) is 6.15. The third kappa shape index (κ3) is 2.75. The van der Waals surface area contributed by atoms with Crippen LogP contribution in [0.15, 0.2) is 30.4 Å². The Morgan fingerprint density at radius 2 is 1.72 bits per heavy atom. The third-order valence-electron chi connectivity index (χ3n) is 5.33. The van der Waals surface area contributed by atoms with Crippen LogP contribution in [-0.2, 0) is 14.4 Å². The molecule has 2 aliphatic carbocycles. The Hall–Kier alpha value is -1.85. The van der Waals surface area contributed by atoms with Crippen molar-refractivity contribution in [3.63, 3.8) is 0 Å². The molecule has 0 aromatic heterocycles. The minimum Gasteiger partial charge on any atom is -0.326 e. The van der Waals surface area contributed by atoms with E-state index in [1.165, 1.54) is 4.90 Å². The summed E-state index contributed by atoms with van der Waals surface area (Å²) in [5.74, 6) is -0.621. The molecule has 1 aromatic rings. The third-order valence-corrected chi connectivity index (χ3v) is 6.07. The summed E-state index contributed by atoms with van der Waals surface area (Å²) in [5.41, 5.74) is 0.526. The van der Waals surface area contributed by atoms with Crippen molar-refractivity contribution in [2.24, 2.45) is 23.7 Å². The van der Waals surface area contributed by atoms with Gasteiger partial charge in [0.1, 0.15) is 0 Å². The first-order chi connectivity index (χ1) is 12.0. The summed E-state index contributed by atoms with van der Waals surface area (Å²) in [6.07, 6.45) is 5.06. The Labute approximate surface area is 155 Å². The molecule has 0 radical (unpaired) electrons. The van der Waals surface area contributed by atoms with E-state index in [0.29, 0.717) is 15.7 Å². The molecule has 2 bridgehead atoms. The molecule has 1 saturated carbocycles. The smallest absolute Gasteiger partial charge is 0.233 e. The number of fused-ring (bicyclic) bond motifs is 5. The van der Waals surface area contributed by atoms with Gasteiger partial charge in [-0.05, 0) is 36.5 Å². The lowest BCUT2D eigenvalue weighted by atomic mass is 9.85. The summed E-state index contributed by atoms with van der Waals surface area (Å²) in [6, 6.07) is 4.80. The standard InChI is InChI=1S/C18H16Cl2N2O3/c19-12-4-3-11(8-13(12)20)21-14(23)5-6-22-17(24)15-9-1-2-10(7-9)16(15)18(22)25/h1-4,8-10,15-16H,5-7H2,(H,21,23)/t9-,10+,15-,16+. The number of carbonyl (C=O) groups excluding carboxylic acids is 3. The quantitative estimate of drug-likeness (QED) is 0.646. The number of amides is 3. The first-order valence-electron chi connectivity index (χ1n) is 8.24. The van der Waals surface area contributed by atoms with Crippen molar-refractivity contribution in [2.75, 3.05) is 11.9 Å². The highest BCUT2D eigenvalue weighted by Gasteiger charge is 2.58. The van der Waals surface area contributed by atoms with Gasteiger partial charge in [-0.25, -0.2) is 0 Å². The number of anilines is 1. The molecule has 7 heteroatoms. The van der Waals surface area contributed by atoms with Crippen LogP contribution in [0.2, 0.25) is 10.0 Å². The molecule has 4 atom stereocenters. The molecule has 1 N–H and O–H groups in total. The number of halogens is 2. The molecule has 1 saturated heterocycles. The van der Waals surface area contributed by atoms with Crippen LogP contribution in [0, 0.1) is 23.7 Å². The number of carbonyl (C=O) groups is 3. The predicted molar refractivity (Wildman–Crippen MR) is 94.1 cm³/mol. The topological polar surface area (TPSA) is 66.5 Å². The van der Waals surface area contributed by atoms with E-state index in [0.717, 1.165) is 6.42 Å². The number of nitrogens with zero attached hydrogens (tertiary/aromatic N) is 1. The van der Waals surface area contributed by atoms with E-state index in [4.69, 9.17) is 23.2 Å². The van der Waals surface area contributed by atoms with Gasteiger partial charge in [-0.15, -0.1) is 0 Å². The lowest BCUT2D eigenvalue weighted by Crippen LogP contribution is -2.35. The summed E-state index contributed by atoms with van der Waals surface area (Å²) >= 11 is 11.8. The Balaban J connectivity index is 1.37. The van der Waals surface area contributed by atoms with Gasteiger partial charge < -0.3 is 5.32 Å². The van der Waals surface area contributed by atoms with Crippen molar-refractivity contribution in [3.8, 4) is 0 Å². The molecule has 0 unspecified atom stereocenters. The number of likely N-dealkylation sites (tertiary alicyclic amines) is 1. The van der Waals surface area contributed by atoms with Crippen LogP contribution in [0.3, 0.4) is 0 Å². The second-order valence-electron chi connectivity index (χ2n) is 6.76. The zero-order valence-electron chi connectivity index (χ0n) is 13.2. The highest BCUT2D eigenvalue weighted by atomic mass is 35.5. The Kier molecular flexibility index (Phi) is 4.08. The van der Waals surface area contributed by atoms with E-state index in [1.54, 1.807) is 18.2 Å². The SMILES string of the molecule is O=C(CCN1C(=O)[C@@H]2[C@H](C1=O)[C@@H]1C=C[C@H]2C1)Nc1ccc(Cl)c(Cl)c1. The van der Waals surface area contributed by atoms with Crippen LogP contribution in [-0.4, -0.2) is 29.2 Å². The Bertz CT molecular complexity index is 778. The van der Waals surface area contributed by atoms with Crippen LogP contribution in [0.4, 0.5) is 5.69 Å². The molecule has 25 heavy (non-hydrogen) atoms. The predicted octanol–water partition coefficient (Wildman–Crippen LogP) is 3.13. The maximum atomic E-state index is 12.5. The fourth-order valence-corrected chi connectivity index (χ4v) is 4.49. The average molecular weight is 379 g/mol. The first-order valence-corrected chi connectivity index (χ1v) is 9.00. The van der Waals surface area contributed by atoms with Crippen molar-refractivity contribution in [3.05, 3.63) is 40.4 Å². The van der Waals surface area contributed by atoms with E-state index in [-0.39, 0.29) is 54.4 Å². The average Bonchev–Trinajstić information content (AvgIpc) is 3.24. The van der Waals surface area contributed by atoms with Gasteiger partial charge in [-0.1, -0.05) is 35.4 Å². The Morgan fingerprint density at radius 3 is 2.32 bits per heavy atom. The summed E-state index contributed by atoms with van der Waals surface area (Å²) in [6.45, 7) is 0.108. The van der Waals surface area contributed by atoms with Gasteiger partial charge in [0.15, 0.2) is 0 Å². The van der Waals surface area contributed by atoms with Crippen LogP contribution >= 0.6 is 23.2 Å². The van der Waals surface area contributed by atoms with Crippen molar-refractivity contribution < 1.29 is 14.4 Å². The minimum atomic E-state index is -0.280. The summed E-state index contributed by atoms with van der Waals surface area (Å²) in [4.78, 5) is 38.5. The molecule has 130 valence electrons. The van der Waals surface area contributed by atoms with E-state index < -0.39 is 0 Å². The molecule has 1 heterocycles. The molecule has 0 spiro atoms. The molecule has 5 nitrogen and oxygen atoms in total. The molecule has 1 aromatic carbocycles. The maximum Gasteiger partial charge on any atom is 0.233 e. The summed E-state index contributed by atoms with van der Waals surface area (Å²) in [5, 5.41) is 3.45. The van der Waals surface area contributed by atoms with Gasteiger partial charge in [0.2, 0.25) is 17.7 Å². The molecule has 1 aliphatic heterocycles. The minimum absolute atomic E-state index is 0.0555. The van der Waals surface area contributed by atoms with E-state index in [2.05, 4.69) is 17.5 Å². The number of hydrogen-bond donors (Lipinski definition) is 1. The largest absolute Gasteiger partial charge is 0.326 e. The Morgan fingerprint density at radius 1 is 1.08 bits per heavy atom.